The molecule has 83 heavy (non-hydrogen) atoms. The summed E-state index contributed by atoms with van der Waals surface area (Å²) in [4.78, 5) is 71.8. The molecule has 0 spiro atoms. The molecule has 0 bridgehead atoms. The molecular weight excluding hydrogens is 1100 g/mol. The van der Waals surface area contributed by atoms with Crippen molar-refractivity contribution < 1.29 is 80.2 Å². The second-order valence-electron chi connectivity index (χ2n) is 23.6. The Morgan fingerprint density at radius 2 is 0.554 bits per heavy atom. The van der Waals surface area contributed by atoms with E-state index in [2.05, 4.69) is 34.6 Å². The fraction of sp³-hybridized carbons (Fsp3) is 0.938. The van der Waals surface area contributed by atoms with E-state index < -0.39 is 97.5 Å². The van der Waals surface area contributed by atoms with Crippen LogP contribution in [0.5, 0.6) is 0 Å². The summed E-state index contributed by atoms with van der Waals surface area (Å²) in [7, 11) is -9.87. The van der Waals surface area contributed by atoms with Gasteiger partial charge in [0, 0.05) is 25.7 Å². The number of aliphatic hydroxyl groups excluding tert-OH is 1. The maximum atomic E-state index is 13.0. The lowest BCUT2D eigenvalue weighted by Gasteiger charge is -2.21. The molecule has 492 valence electrons. The van der Waals surface area contributed by atoms with Gasteiger partial charge in [-0.05, 0) is 31.6 Å². The number of rotatable bonds is 64. The van der Waals surface area contributed by atoms with Gasteiger partial charge >= 0.3 is 39.5 Å². The molecule has 3 N–H and O–H groups in total. The van der Waals surface area contributed by atoms with Gasteiger partial charge in [0.1, 0.15) is 19.3 Å². The molecule has 0 rings (SSSR count). The summed E-state index contributed by atoms with van der Waals surface area (Å²) >= 11 is 0. The number of carbonyl (C=O) groups excluding carboxylic acids is 4. The molecular formula is C64H124O17P2. The van der Waals surface area contributed by atoms with E-state index in [-0.39, 0.29) is 25.7 Å². The number of ether oxygens (including phenoxy) is 4. The standard InChI is InChI=1S/C64H124O17P2/c1-6-9-12-15-17-18-19-20-21-24-27-30-34-38-43-48-62(67)75-54-60(81-64(69)50-45-40-35-31-28-25-22-23-26-29-33-37-41-46-57(4)5)56-79-83(72,73)77-52-58(65)51-76-82(70,71)78-55-59(53-74-61(66)47-42-36-14-11-8-3)80-63(68)49-44-39-32-16-13-10-7-2/h57-60,65H,6-56H2,1-5H3,(H,70,71)(H,72,73)/t58-,59+,60+/m0/s1. The minimum Gasteiger partial charge on any atom is -0.462 e. The summed E-state index contributed by atoms with van der Waals surface area (Å²) in [5.41, 5.74) is 0. The quantitative estimate of drug-likeness (QED) is 0.0222. The summed E-state index contributed by atoms with van der Waals surface area (Å²) in [5, 5.41) is 10.5. The van der Waals surface area contributed by atoms with Crippen LogP contribution in [0.3, 0.4) is 0 Å². The van der Waals surface area contributed by atoms with E-state index >= 15 is 0 Å². The highest BCUT2D eigenvalue weighted by Crippen LogP contribution is 2.45. The van der Waals surface area contributed by atoms with Crippen molar-refractivity contribution in [1.29, 1.82) is 0 Å². The number of carbonyl (C=O) groups is 4. The van der Waals surface area contributed by atoms with Crippen LogP contribution in [0.2, 0.25) is 0 Å². The lowest BCUT2D eigenvalue weighted by molar-refractivity contribution is -0.161. The molecule has 0 aliphatic carbocycles. The van der Waals surface area contributed by atoms with Gasteiger partial charge in [-0.1, -0.05) is 272 Å². The van der Waals surface area contributed by atoms with E-state index in [1.807, 2.05) is 0 Å². The highest BCUT2D eigenvalue weighted by atomic mass is 31.2. The van der Waals surface area contributed by atoms with Gasteiger partial charge in [-0.2, -0.15) is 0 Å². The monoisotopic (exact) mass is 1230 g/mol. The second kappa shape index (κ2) is 57.8. The predicted octanol–water partition coefficient (Wildman–Crippen LogP) is 17.8. The van der Waals surface area contributed by atoms with Gasteiger partial charge in [0.05, 0.1) is 26.4 Å². The van der Waals surface area contributed by atoms with Crippen LogP contribution in [0.4, 0.5) is 0 Å². The van der Waals surface area contributed by atoms with Crippen molar-refractivity contribution in [3.8, 4) is 0 Å². The second-order valence-corrected chi connectivity index (χ2v) is 26.5. The van der Waals surface area contributed by atoms with Gasteiger partial charge in [-0.25, -0.2) is 9.13 Å². The molecule has 0 amide bonds. The molecule has 17 nitrogen and oxygen atoms in total. The highest BCUT2D eigenvalue weighted by molar-refractivity contribution is 7.47. The summed E-state index contributed by atoms with van der Waals surface area (Å²) in [6.07, 6.45) is 42.2. The van der Waals surface area contributed by atoms with E-state index in [0.717, 1.165) is 115 Å². The number of phosphoric ester groups is 2. The van der Waals surface area contributed by atoms with Crippen molar-refractivity contribution in [1.82, 2.24) is 0 Å². The lowest BCUT2D eigenvalue weighted by Crippen LogP contribution is -2.30. The fourth-order valence-corrected chi connectivity index (χ4v) is 11.2. The van der Waals surface area contributed by atoms with Gasteiger partial charge in [0.25, 0.3) is 0 Å². The maximum absolute atomic E-state index is 13.0. The van der Waals surface area contributed by atoms with E-state index in [9.17, 15) is 43.2 Å². The summed E-state index contributed by atoms with van der Waals surface area (Å²) in [6, 6.07) is 0. The molecule has 19 heteroatoms. The Bertz CT molecular complexity index is 1620. The van der Waals surface area contributed by atoms with Gasteiger partial charge in [-0.3, -0.25) is 37.3 Å². The van der Waals surface area contributed by atoms with E-state index in [0.29, 0.717) is 25.7 Å². The van der Waals surface area contributed by atoms with Gasteiger partial charge in [0.15, 0.2) is 12.2 Å². The fourth-order valence-electron chi connectivity index (χ4n) is 9.58. The number of phosphoric acid groups is 2. The molecule has 0 radical (unpaired) electrons. The Morgan fingerprint density at radius 1 is 0.325 bits per heavy atom. The van der Waals surface area contributed by atoms with Crippen molar-refractivity contribution in [2.75, 3.05) is 39.6 Å². The van der Waals surface area contributed by atoms with Crippen LogP contribution in [-0.4, -0.2) is 96.7 Å². The van der Waals surface area contributed by atoms with Crippen LogP contribution in [0.25, 0.3) is 0 Å². The first-order valence-corrected chi connectivity index (χ1v) is 36.6. The average Bonchev–Trinajstić information content (AvgIpc) is 3.47. The highest BCUT2D eigenvalue weighted by Gasteiger charge is 2.30. The molecule has 0 aromatic carbocycles. The normalized spacial score (nSPS) is 14.2. The molecule has 0 aliphatic heterocycles. The van der Waals surface area contributed by atoms with Crippen LogP contribution in [0.15, 0.2) is 0 Å². The minimum atomic E-state index is -4.94. The third-order valence-electron chi connectivity index (χ3n) is 14.8. The first-order chi connectivity index (χ1) is 40.0. The SMILES string of the molecule is CCCCCCCCCCCCCCCCCC(=O)OC[C@H](COP(=O)(O)OC[C@@H](O)COP(=O)(O)OC[C@@H](COC(=O)CCCCCCC)OC(=O)CCCCCCCCC)OC(=O)CCCCCCCCCCCCCCCC(C)C. The smallest absolute Gasteiger partial charge is 0.462 e. The Hall–Kier alpha value is -1.94. The first kappa shape index (κ1) is 81.1. The van der Waals surface area contributed by atoms with Gasteiger partial charge < -0.3 is 33.8 Å². The van der Waals surface area contributed by atoms with E-state index in [1.165, 1.54) is 128 Å². The summed E-state index contributed by atoms with van der Waals surface area (Å²) in [6.45, 7) is 7.09. The maximum Gasteiger partial charge on any atom is 0.472 e. The zero-order valence-electron chi connectivity index (χ0n) is 53.3. The molecule has 0 heterocycles. The molecule has 0 saturated heterocycles. The van der Waals surface area contributed by atoms with Gasteiger partial charge in [-0.15, -0.1) is 0 Å². The molecule has 5 atom stereocenters. The lowest BCUT2D eigenvalue weighted by atomic mass is 10.0. The molecule has 0 fully saturated rings. The van der Waals surface area contributed by atoms with Crippen LogP contribution in [0, 0.1) is 5.92 Å². The van der Waals surface area contributed by atoms with Crippen LogP contribution >= 0.6 is 15.6 Å². The first-order valence-electron chi connectivity index (χ1n) is 33.6. The third kappa shape index (κ3) is 58.8. The van der Waals surface area contributed by atoms with Crippen LogP contribution in [0.1, 0.15) is 324 Å². The van der Waals surface area contributed by atoms with Crippen molar-refractivity contribution >= 4 is 39.5 Å². The number of hydrogen-bond acceptors (Lipinski definition) is 15. The Morgan fingerprint density at radius 3 is 0.819 bits per heavy atom. The Kier molecular flexibility index (Phi) is 56.4. The number of esters is 4. The van der Waals surface area contributed by atoms with Crippen molar-refractivity contribution in [2.45, 2.75) is 342 Å². The minimum absolute atomic E-state index is 0.103. The van der Waals surface area contributed by atoms with Crippen molar-refractivity contribution in [3.63, 3.8) is 0 Å². The number of unbranched alkanes of at least 4 members (excludes halogenated alkanes) is 36. The average molecular weight is 1230 g/mol. The number of hydrogen-bond donors (Lipinski definition) is 3. The van der Waals surface area contributed by atoms with Crippen LogP contribution < -0.4 is 0 Å². The zero-order valence-corrected chi connectivity index (χ0v) is 55.1. The molecule has 0 saturated carbocycles. The Balaban J connectivity index is 5.14. The van der Waals surface area contributed by atoms with E-state index in [4.69, 9.17) is 37.0 Å². The third-order valence-corrected chi connectivity index (χ3v) is 16.7. The van der Waals surface area contributed by atoms with Crippen molar-refractivity contribution in [2.24, 2.45) is 5.92 Å². The van der Waals surface area contributed by atoms with Crippen molar-refractivity contribution in [3.05, 3.63) is 0 Å². The van der Waals surface area contributed by atoms with Gasteiger partial charge in [0.2, 0.25) is 0 Å². The summed E-state index contributed by atoms with van der Waals surface area (Å²) in [5.74, 6) is -1.36. The summed E-state index contributed by atoms with van der Waals surface area (Å²) < 4.78 is 67.7. The largest absolute Gasteiger partial charge is 0.472 e. The predicted molar refractivity (Wildman–Crippen MR) is 331 cm³/mol. The zero-order chi connectivity index (χ0) is 61.3. The van der Waals surface area contributed by atoms with Crippen LogP contribution in [-0.2, 0) is 65.4 Å². The number of aliphatic hydroxyl groups is 1. The topological polar surface area (TPSA) is 237 Å². The Labute approximate surface area is 505 Å². The molecule has 0 aromatic heterocycles. The molecule has 0 aliphatic rings. The molecule has 0 aromatic rings. The molecule has 2 unspecified atom stereocenters. The van der Waals surface area contributed by atoms with E-state index in [1.54, 1.807) is 0 Å².